The Morgan fingerprint density at radius 3 is 2.90 bits per heavy atom. The van der Waals surface area contributed by atoms with Crippen molar-refractivity contribution in [3.05, 3.63) is 47.3 Å². The fraction of sp³-hybridized carbons (Fsp3) is 0.375. The van der Waals surface area contributed by atoms with Gasteiger partial charge in [0.15, 0.2) is 0 Å². The molecule has 0 fully saturated rings. The van der Waals surface area contributed by atoms with Crippen molar-refractivity contribution in [3.8, 4) is 0 Å². The number of carbonyl (C=O) groups excluding carboxylic acids is 2. The van der Waals surface area contributed by atoms with E-state index in [4.69, 9.17) is 0 Å². The number of halogens is 1. The van der Waals surface area contributed by atoms with Gasteiger partial charge in [-0.2, -0.15) is 0 Å². The lowest BCUT2D eigenvalue weighted by Crippen LogP contribution is -2.25. The van der Waals surface area contributed by atoms with Crippen LogP contribution in [0.1, 0.15) is 35.2 Å². The molecule has 0 heterocycles. The number of nitrogens with one attached hydrogen (secondary N) is 1. The fourth-order valence-electron chi connectivity index (χ4n) is 2.32. The molecule has 0 saturated carbocycles. The van der Waals surface area contributed by atoms with Crippen LogP contribution in [0.15, 0.2) is 30.4 Å². The van der Waals surface area contributed by atoms with Gasteiger partial charge in [-0.15, -0.1) is 0 Å². The van der Waals surface area contributed by atoms with E-state index in [1.54, 1.807) is 0 Å². The van der Waals surface area contributed by atoms with Gasteiger partial charge < -0.3 is 10.1 Å². The summed E-state index contributed by atoms with van der Waals surface area (Å²) in [6.45, 7) is 0.0614. The third kappa shape index (κ3) is 4.15. The third-order valence-corrected chi connectivity index (χ3v) is 3.50. The van der Waals surface area contributed by atoms with Crippen LogP contribution in [0.25, 0.3) is 0 Å². The number of methoxy groups -OCH3 is 1. The lowest BCUT2D eigenvalue weighted by molar-refractivity contribution is -0.121. The molecule has 1 aromatic carbocycles. The molecule has 0 aliphatic heterocycles. The highest BCUT2D eigenvalue weighted by molar-refractivity contribution is 5.89. The largest absolute Gasteiger partial charge is 0.465 e. The third-order valence-electron chi connectivity index (χ3n) is 3.50. The Morgan fingerprint density at radius 1 is 1.43 bits per heavy atom. The van der Waals surface area contributed by atoms with Crippen LogP contribution in [-0.4, -0.2) is 19.0 Å². The maximum absolute atomic E-state index is 13.7. The van der Waals surface area contributed by atoms with Gasteiger partial charge >= 0.3 is 5.97 Å². The summed E-state index contributed by atoms with van der Waals surface area (Å²) in [4.78, 5) is 23.2. The van der Waals surface area contributed by atoms with E-state index in [0.717, 1.165) is 12.8 Å². The molecule has 0 spiro atoms. The first-order valence-corrected chi connectivity index (χ1v) is 6.90. The van der Waals surface area contributed by atoms with Crippen LogP contribution in [0.3, 0.4) is 0 Å². The number of benzene rings is 1. The number of ether oxygens (including phenoxy) is 1. The smallest absolute Gasteiger partial charge is 0.337 e. The van der Waals surface area contributed by atoms with E-state index in [2.05, 4.69) is 16.1 Å². The average Bonchev–Trinajstić information content (AvgIpc) is 2.98. The zero-order valence-corrected chi connectivity index (χ0v) is 11.9. The normalized spacial score (nSPS) is 16.8. The van der Waals surface area contributed by atoms with Crippen LogP contribution in [0, 0.1) is 11.7 Å². The van der Waals surface area contributed by atoms with E-state index in [-0.39, 0.29) is 29.5 Å². The lowest BCUT2D eigenvalue weighted by Gasteiger charge is -2.10. The van der Waals surface area contributed by atoms with Crippen LogP contribution >= 0.6 is 0 Å². The van der Waals surface area contributed by atoms with Crippen molar-refractivity contribution in [2.75, 3.05) is 7.11 Å². The van der Waals surface area contributed by atoms with Gasteiger partial charge in [-0.1, -0.05) is 12.2 Å². The molecule has 2 rings (SSSR count). The first kappa shape index (κ1) is 15.2. The van der Waals surface area contributed by atoms with Gasteiger partial charge in [0.25, 0.3) is 0 Å². The second-order valence-corrected chi connectivity index (χ2v) is 5.04. The summed E-state index contributed by atoms with van der Waals surface area (Å²) in [6, 6.07) is 3.96. The number of hydrogen-bond donors (Lipinski definition) is 1. The molecule has 0 unspecified atom stereocenters. The number of allylic oxidation sites excluding steroid dienone is 2. The summed E-state index contributed by atoms with van der Waals surface area (Å²) in [5.74, 6) is -0.826. The van der Waals surface area contributed by atoms with E-state index in [0.29, 0.717) is 6.42 Å². The Labute approximate surface area is 123 Å². The molecule has 0 saturated heterocycles. The zero-order chi connectivity index (χ0) is 15.2. The van der Waals surface area contributed by atoms with E-state index in [1.807, 2.05) is 6.08 Å². The highest BCUT2D eigenvalue weighted by atomic mass is 19.1. The van der Waals surface area contributed by atoms with Gasteiger partial charge in [0.2, 0.25) is 5.91 Å². The molecular formula is C16H18FNO3. The maximum Gasteiger partial charge on any atom is 0.337 e. The molecule has 112 valence electrons. The van der Waals surface area contributed by atoms with E-state index >= 15 is 0 Å². The monoisotopic (exact) mass is 291 g/mol. The predicted molar refractivity (Wildman–Crippen MR) is 76.1 cm³/mol. The zero-order valence-electron chi connectivity index (χ0n) is 11.9. The fourth-order valence-corrected chi connectivity index (χ4v) is 2.32. The van der Waals surface area contributed by atoms with Gasteiger partial charge in [0, 0.05) is 18.5 Å². The van der Waals surface area contributed by atoms with Crippen molar-refractivity contribution in [3.63, 3.8) is 0 Å². The summed E-state index contributed by atoms with van der Waals surface area (Å²) < 4.78 is 18.3. The Balaban J connectivity index is 1.94. The minimum Gasteiger partial charge on any atom is -0.465 e. The summed E-state index contributed by atoms with van der Waals surface area (Å²) in [6.07, 6.45) is 6.51. The number of esters is 1. The molecule has 0 radical (unpaired) electrons. The average molecular weight is 291 g/mol. The summed E-state index contributed by atoms with van der Waals surface area (Å²) >= 11 is 0. The SMILES string of the molecule is COC(=O)c1ccc(F)c(CNC(=O)C[C@H]2C=CCC2)c1. The molecule has 0 bridgehead atoms. The van der Waals surface area contributed by atoms with Crippen LogP contribution in [0.4, 0.5) is 4.39 Å². The first-order chi connectivity index (χ1) is 10.1. The van der Waals surface area contributed by atoms with Crippen molar-refractivity contribution in [1.82, 2.24) is 5.32 Å². The topological polar surface area (TPSA) is 55.4 Å². The molecule has 1 aliphatic carbocycles. The van der Waals surface area contributed by atoms with Crippen molar-refractivity contribution in [2.45, 2.75) is 25.8 Å². The molecule has 1 aliphatic rings. The Hall–Kier alpha value is -2.17. The second kappa shape index (κ2) is 7.02. The van der Waals surface area contributed by atoms with Crippen molar-refractivity contribution in [2.24, 2.45) is 5.92 Å². The lowest BCUT2D eigenvalue weighted by atomic mass is 10.0. The number of hydrogen-bond acceptors (Lipinski definition) is 3. The Kier molecular flexibility index (Phi) is 5.09. The molecule has 4 nitrogen and oxygen atoms in total. The van der Waals surface area contributed by atoms with E-state index in [1.165, 1.54) is 25.3 Å². The van der Waals surface area contributed by atoms with Gasteiger partial charge in [0.1, 0.15) is 5.82 Å². The molecule has 1 N–H and O–H groups in total. The highest BCUT2D eigenvalue weighted by Gasteiger charge is 2.15. The quantitative estimate of drug-likeness (QED) is 0.670. The van der Waals surface area contributed by atoms with Crippen LogP contribution in [0.2, 0.25) is 0 Å². The van der Waals surface area contributed by atoms with E-state index in [9.17, 15) is 14.0 Å². The van der Waals surface area contributed by atoms with Crippen molar-refractivity contribution < 1.29 is 18.7 Å². The standard InChI is InChI=1S/C16H18FNO3/c1-21-16(20)12-6-7-14(17)13(9-12)10-18-15(19)8-11-4-2-3-5-11/h2,4,6-7,9,11H,3,5,8,10H2,1H3,(H,18,19)/t11-/m0/s1. The molecule has 1 atom stereocenters. The highest BCUT2D eigenvalue weighted by Crippen LogP contribution is 2.20. The summed E-state index contributed by atoms with van der Waals surface area (Å²) in [7, 11) is 1.27. The summed E-state index contributed by atoms with van der Waals surface area (Å²) in [5, 5.41) is 2.69. The maximum atomic E-state index is 13.7. The van der Waals surface area contributed by atoms with Crippen molar-refractivity contribution in [1.29, 1.82) is 0 Å². The minimum absolute atomic E-state index is 0.0614. The number of amides is 1. The Bertz CT molecular complexity index is 569. The molecule has 1 aromatic rings. The number of rotatable bonds is 5. The van der Waals surface area contributed by atoms with Gasteiger partial charge in [-0.25, -0.2) is 9.18 Å². The van der Waals surface area contributed by atoms with Gasteiger partial charge in [-0.05, 0) is 37.0 Å². The van der Waals surface area contributed by atoms with Gasteiger partial charge in [0.05, 0.1) is 12.7 Å². The molecule has 21 heavy (non-hydrogen) atoms. The van der Waals surface area contributed by atoms with Crippen LogP contribution in [0.5, 0.6) is 0 Å². The van der Waals surface area contributed by atoms with Gasteiger partial charge in [-0.3, -0.25) is 4.79 Å². The summed E-state index contributed by atoms with van der Waals surface area (Å²) in [5.41, 5.74) is 0.537. The van der Waals surface area contributed by atoms with Crippen LogP contribution < -0.4 is 5.32 Å². The van der Waals surface area contributed by atoms with Crippen molar-refractivity contribution >= 4 is 11.9 Å². The molecule has 0 aromatic heterocycles. The van der Waals surface area contributed by atoms with E-state index < -0.39 is 11.8 Å². The Morgan fingerprint density at radius 2 is 2.24 bits per heavy atom. The molecule has 5 heteroatoms. The molecule has 1 amide bonds. The molecular weight excluding hydrogens is 273 g/mol. The first-order valence-electron chi connectivity index (χ1n) is 6.90. The second-order valence-electron chi connectivity index (χ2n) is 5.04. The number of carbonyl (C=O) groups is 2. The van der Waals surface area contributed by atoms with Crippen LogP contribution in [-0.2, 0) is 16.1 Å². The minimum atomic E-state index is -0.529. The predicted octanol–water partition coefficient (Wildman–Crippen LogP) is 2.58.